The lowest BCUT2D eigenvalue weighted by Crippen LogP contribution is -2.18. The molecular formula is C19H30O2. The molecule has 118 valence electrons. The summed E-state index contributed by atoms with van der Waals surface area (Å²) >= 11 is 0. The lowest BCUT2D eigenvalue weighted by Gasteiger charge is -2.17. The molecule has 21 heavy (non-hydrogen) atoms. The lowest BCUT2D eigenvalue weighted by molar-refractivity contribution is -0.0701. The molecule has 0 aromatic heterocycles. The van der Waals surface area contributed by atoms with Gasteiger partial charge >= 0.3 is 0 Å². The first kappa shape index (κ1) is 16.4. The zero-order chi connectivity index (χ0) is 15.1. The average Bonchev–Trinajstić information content (AvgIpc) is 3.00. The molecule has 2 heteroatoms. The van der Waals surface area contributed by atoms with E-state index in [0.29, 0.717) is 5.92 Å². The summed E-state index contributed by atoms with van der Waals surface area (Å²) < 4.78 is 11.6. The third kappa shape index (κ3) is 5.35. The van der Waals surface area contributed by atoms with Crippen molar-refractivity contribution in [2.24, 2.45) is 5.92 Å². The maximum atomic E-state index is 5.83. The van der Waals surface area contributed by atoms with E-state index < -0.39 is 0 Å². The first-order valence-electron chi connectivity index (χ1n) is 8.57. The standard InChI is InChI=1S/C19H30O2/c1-4-15(2)18-9-11-19(12-10-18)21-16(3)20-14-13-17-7-5-6-8-17/h9-12,15-17H,4-8,13-14H2,1-3H3. The Hall–Kier alpha value is -1.02. The molecule has 2 atom stereocenters. The largest absolute Gasteiger partial charge is 0.465 e. The van der Waals surface area contributed by atoms with Crippen molar-refractivity contribution in [1.29, 1.82) is 0 Å². The quantitative estimate of drug-likeness (QED) is 0.587. The molecule has 1 aromatic carbocycles. The third-order valence-corrected chi connectivity index (χ3v) is 4.72. The highest BCUT2D eigenvalue weighted by atomic mass is 16.7. The van der Waals surface area contributed by atoms with E-state index in [9.17, 15) is 0 Å². The zero-order valence-electron chi connectivity index (χ0n) is 13.8. The molecule has 0 bridgehead atoms. The highest BCUT2D eigenvalue weighted by Gasteiger charge is 2.15. The molecule has 0 N–H and O–H groups in total. The van der Waals surface area contributed by atoms with Crippen LogP contribution in [0.1, 0.15) is 70.8 Å². The van der Waals surface area contributed by atoms with Gasteiger partial charge in [-0.15, -0.1) is 0 Å². The van der Waals surface area contributed by atoms with E-state index >= 15 is 0 Å². The average molecular weight is 290 g/mol. The Balaban J connectivity index is 1.70. The van der Waals surface area contributed by atoms with Crippen LogP contribution in [0, 0.1) is 5.92 Å². The Morgan fingerprint density at radius 3 is 2.38 bits per heavy atom. The van der Waals surface area contributed by atoms with Crippen molar-refractivity contribution in [3.05, 3.63) is 29.8 Å². The predicted molar refractivity (Wildman–Crippen MR) is 87.8 cm³/mol. The molecule has 0 amide bonds. The van der Waals surface area contributed by atoms with Crippen LogP contribution in [-0.4, -0.2) is 12.9 Å². The Morgan fingerprint density at radius 2 is 1.76 bits per heavy atom. The van der Waals surface area contributed by atoms with Gasteiger partial charge in [-0.25, -0.2) is 0 Å². The van der Waals surface area contributed by atoms with Gasteiger partial charge in [0.15, 0.2) is 6.29 Å². The second kappa shape index (κ2) is 8.43. The fourth-order valence-electron chi connectivity index (χ4n) is 3.04. The van der Waals surface area contributed by atoms with Crippen LogP contribution in [0.25, 0.3) is 0 Å². The van der Waals surface area contributed by atoms with Crippen LogP contribution in [0.3, 0.4) is 0 Å². The van der Waals surface area contributed by atoms with Crippen LogP contribution in [0.2, 0.25) is 0 Å². The molecule has 1 fully saturated rings. The van der Waals surface area contributed by atoms with E-state index in [2.05, 4.69) is 38.1 Å². The van der Waals surface area contributed by atoms with Gasteiger partial charge in [0.1, 0.15) is 5.75 Å². The van der Waals surface area contributed by atoms with Crippen molar-refractivity contribution in [1.82, 2.24) is 0 Å². The number of ether oxygens (including phenoxy) is 2. The highest BCUT2D eigenvalue weighted by molar-refractivity contribution is 5.29. The van der Waals surface area contributed by atoms with Crippen molar-refractivity contribution < 1.29 is 9.47 Å². The van der Waals surface area contributed by atoms with Crippen LogP contribution in [0.4, 0.5) is 0 Å². The van der Waals surface area contributed by atoms with E-state index in [1.54, 1.807) is 0 Å². The van der Waals surface area contributed by atoms with E-state index in [1.165, 1.54) is 44.1 Å². The number of hydrogen-bond donors (Lipinski definition) is 0. The summed E-state index contributed by atoms with van der Waals surface area (Å²) in [5, 5.41) is 0. The summed E-state index contributed by atoms with van der Waals surface area (Å²) in [7, 11) is 0. The molecule has 1 aliphatic carbocycles. The van der Waals surface area contributed by atoms with Crippen LogP contribution in [0.5, 0.6) is 5.75 Å². The minimum absolute atomic E-state index is 0.166. The second-order valence-electron chi connectivity index (χ2n) is 6.37. The molecule has 0 aliphatic heterocycles. The van der Waals surface area contributed by atoms with E-state index in [-0.39, 0.29) is 6.29 Å². The van der Waals surface area contributed by atoms with Gasteiger partial charge in [-0.1, -0.05) is 51.7 Å². The van der Waals surface area contributed by atoms with Crippen LogP contribution >= 0.6 is 0 Å². The smallest absolute Gasteiger partial charge is 0.196 e. The summed E-state index contributed by atoms with van der Waals surface area (Å²) in [5.41, 5.74) is 1.37. The molecule has 2 rings (SSSR count). The molecule has 1 aromatic rings. The van der Waals surface area contributed by atoms with Crippen molar-refractivity contribution in [3.8, 4) is 5.75 Å². The van der Waals surface area contributed by atoms with Crippen LogP contribution in [-0.2, 0) is 4.74 Å². The zero-order valence-corrected chi connectivity index (χ0v) is 13.8. The third-order valence-electron chi connectivity index (χ3n) is 4.72. The maximum Gasteiger partial charge on any atom is 0.196 e. The minimum Gasteiger partial charge on any atom is -0.465 e. The highest BCUT2D eigenvalue weighted by Crippen LogP contribution is 2.27. The van der Waals surface area contributed by atoms with E-state index in [0.717, 1.165) is 18.3 Å². The Kier molecular flexibility index (Phi) is 6.56. The first-order valence-corrected chi connectivity index (χ1v) is 8.57. The summed E-state index contributed by atoms with van der Waals surface area (Å²) in [5.74, 6) is 2.39. The fourth-order valence-corrected chi connectivity index (χ4v) is 3.04. The Bertz CT molecular complexity index is 393. The maximum absolute atomic E-state index is 5.83. The second-order valence-corrected chi connectivity index (χ2v) is 6.37. The molecule has 2 nitrogen and oxygen atoms in total. The molecule has 0 radical (unpaired) electrons. The predicted octanol–water partition coefficient (Wildman–Crippen LogP) is 5.52. The summed E-state index contributed by atoms with van der Waals surface area (Å²) in [6, 6.07) is 8.43. The van der Waals surface area contributed by atoms with Gasteiger partial charge in [-0.2, -0.15) is 0 Å². The van der Waals surface area contributed by atoms with Gasteiger partial charge in [0.2, 0.25) is 0 Å². The van der Waals surface area contributed by atoms with Crippen molar-refractivity contribution >= 4 is 0 Å². The van der Waals surface area contributed by atoms with Crippen molar-refractivity contribution in [2.45, 2.75) is 71.5 Å². The van der Waals surface area contributed by atoms with Crippen LogP contribution in [0.15, 0.2) is 24.3 Å². The Morgan fingerprint density at radius 1 is 1.10 bits per heavy atom. The normalized spacial score (nSPS) is 18.6. The minimum atomic E-state index is -0.166. The SMILES string of the molecule is CCC(C)c1ccc(OC(C)OCCC2CCCC2)cc1. The van der Waals surface area contributed by atoms with Crippen LogP contribution < -0.4 is 4.74 Å². The van der Waals surface area contributed by atoms with Gasteiger partial charge in [-0.3, -0.25) is 0 Å². The lowest BCUT2D eigenvalue weighted by atomic mass is 9.99. The summed E-state index contributed by atoms with van der Waals surface area (Å²) in [6.45, 7) is 7.27. The molecule has 2 unspecified atom stereocenters. The van der Waals surface area contributed by atoms with Gasteiger partial charge in [-0.05, 0) is 49.3 Å². The van der Waals surface area contributed by atoms with E-state index in [4.69, 9.17) is 9.47 Å². The summed E-state index contributed by atoms with van der Waals surface area (Å²) in [4.78, 5) is 0. The topological polar surface area (TPSA) is 18.5 Å². The van der Waals surface area contributed by atoms with Crippen molar-refractivity contribution in [3.63, 3.8) is 0 Å². The van der Waals surface area contributed by atoms with Gasteiger partial charge in [0.25, 0.3) is 0 Å². The number of rotatable bonds is 8. The van der Waals surface area contributed by atoms with Crippen molar-refractivity contribution in [2.75, 3.05) is 6.61 Å². The first-order chi connectivity index (χ1) is 10.2. The molecule has 1 aliphatic rings. The van der Waals surface area contributed by atoms with Gasteiger partial charge in [0, 0.05) is 0 Å². The fraction of sp³-hybridized carbons (Fsp3) is 0.684. The monoisotopic (exact) mass is 290 g/mol. The molecule has 0 saturated heterocycles. The molecule has 0 heterocycles. The number of benzene rings is 1. The van der Waals surface area contributed by atoms with Gasteiger partial charge < -0.3 is 9.47 Å². The summed E-state index contributed by atoms with van der Waals surface area (Å²) in [6.07, 6.45) is 7.76. The Labute approximate surface area is 129 Å². The molecular weight excluding hydrogens is 260 g/mol. The van der Waals surface area contributed by atoms with Gasteiger partial charge in [0.05, 0.1) is 6.61 Å². The van der Waals surface area contributed by atoms with E-state index in [1.807, 2.05) is 6.92 Å². The molecule has 0 spiro atoms. The molecule has 1 saturated carbocycles. The number of hydrogen-bond acceptors (Lipinski definition) is 2.